The smallest absolute Gasteiger partial charge is 0.228 e. The van der Waals surface area contributed by atoms with E-state index in [9.17, 15) is 9.59 Å². The Morgan fingerprint density at radius 1 is 1.39 bits per heavy atom. The molecule has 1 aromatic rings. The van der Waals surface area contributed by atoms with Crippen LogP contribution in [0.15, 0.2) is 5.38 Å². The second-order valence-corrected chi connectivity index (χ2v) is 6.63. The maximum atomic E-state index is 11.8. The van der Waals surface area contributed by atoms with Crippen LogP contribution in [0.3, 0.4) is 0 Å². The van der Waals surface area contributed by atoms with Crippen molar-refractivity contribution in [1.29, 1.82) is 0 Å². The molecule has 0 spiro atoms. The van der Waals surface area contributed by atoms with Gasteiger partial charge in [0.1, 0.15) is 0 Å². The van der Waals surface area contributed by atoms with Gasteiger partial charge in [-0.05, 0) is 18.8 Å². The largest absolute Gasteiger partial charge is 0.354 e. The molecule has 1 atom stereocenters. The quantitative estimate of drug-likeness (QED) is 0.671. The molecule has 1 unspecified atom stereocenters. The summed E-state index contributed by atoms with van der Waals surface area (Å²) in [6.45, 7) is 4.16. The van der Waals surface area contributed by atoms with Crippen molar-refractivity contribution in [3.63, 3.8) is 0 Å². The molecule has 1 aliphatic rings. The van der Waals surface area contributed by atoms with E-state index in [0.717, 1.165) is 0 Å². The number of anilines is 1. The standard InChI is InChI=1S/C14H22N4O2S.2ClH/c1-8(2)13(20)18-14-17-10(7-21-14)5-12(19)16-6-11(15)9-3-4-9;;/h7-9,11H,3-6,15H2,1-2H3,(H,16,19)(H,17,18,20);2*1H. The first-order valence-corrected chi connectivity index (χ1v) is 8.11. The lowest BCUT2D eigenvalue weighted by molar-refractivity contribution is -0.120. The molecule has 6 nitrogen and oxygen atoms in total. The fourth-order valence-electron chi connectivity index (χ4n) is 1.85. The minimum atomic E-state index is -0.0930. The zero-order valence-electron chi connectivity index (χ0n) is 13.2. The average molecular weight is 383 g/mol. The maximum absolute atomic E-state index is 11.8. The summed E-state index contributed by atoms with van der Waals surface area (Å²) in [6.07, 6.45) is 2.55. The number of hydrogen-bond donors (Lipinski definition) is 3. The summed E-state index contributed by atoms with van der Waals surface area (Å²) in [5.41, 5.74) is 6.60. The molecule has 0 saturated heterocycles. The van der Waals surface area contributed by atoms with Gasteiger partial charge in [0.15, 0.2) is 5.13 Å². The number of nitrogens with two attached hydrogens (primary N) is 1. The van der Waals surface area contributed by atoms with Gasteiger partial charge in [-0.3, -0.25) is 9.59 Å². The van der Waals surface area contributed by atoms with E-state index >= 15 is 0 Å². The van der Waals surface area contributed by atoms with Crippen LogP contribution in [0.25, 0.3) is 0 Å². The molecule has 1 saturated carbocycles. The van der Waals surface area contributed by atoms with Gasteiger partial charge in [0.25, 0.3) is 0 Å². The Hall–Kier alpha value is -0.890. The zero-order valence-corrected chi connectivity index (χ0v) is 15.7. The highest BCUT2D eigenvalue weighted by atomic mass is 35.5. The van der Waals surface area contributed by atoms with Gasteiger partial charge in [-0.25, -0.2) is 4.98 Å². The second-order valence-electron chi connectivity index (χ2n) is 5.77. The number of aromatic nitrogens is 1. The predicted octanol–water partition coefficient (Wildman–Crippen LogP) is 1.98. The summed E-state index contributed by atoms with van der Waals surface area (Å²) in [5, 5.41) is 7.88. The van der Waals surface area contributed by atoms with Crippen LogP contribution in [0.1, 0.15) is 32.4 Å². The molecule has 1 aromatic heterocycles. The number of amides is 2. The lowest BCUT2D eigenvalue weighted by atomic mass is 10.2. The molecule has 2 amide bonds. The highest BCUT2D eigenvalue weighted by molar-refractivity contribution is 7.13. The van der Waals surface area contributed by atoms with Crippen LogP contribution in [0, 0.1) is 11.8 Å². The highest BCUT2D eigenvalue weighted by Gasteiger charge is 2.28. The van der Waals surface area contributed by atoms with Crippen molar-refractivity contribution in [2.45, 2.75) is 39.2 Å². The van der Waals surface area contributed by atoms with Crippen molar-refractivity contribution in [2.75, 3.05) is 11.9 Å². The van der Waals surface area contributed by atoms with E-state index in [4.69, 9.17) is 5.73 Å². The van der Waals surface area contributed by atoms with Crippen molar-refractivity contribution < 1.29 is 9.59 Å². The topological polar surface area (TPSA) is 97.1 Å². The van der Waals surface area contributed by atoms with E-state index in [1.165, 1.54) is 24.2 Å². The molecule has 2 rings (SSSR count). The van der Waals surface area contributed by atoms with Gasteiger partial charge in [-0.15, -0.1) is 36.2 Å². The van der Waals surface area contributed by atoms with E-state index in [1.807, 2.05) is 13.8 Å². The number of carbonyl (C=O) groups is 2. The van der Waals surface area contributed by atoms with Crippen LogP contribution in [0.2, 0.25) is 0 Å². The zero-order chi connectivity index (χ0) is 15.4. The number of thiazole rings is 1. The molecule has 132 valence electrons. The highest BCUT2D eigenvalue weighted by Crippen LogP contribution is 2.31. The van der Waals surface area contributed by atoms with E-state index in [2.05, 4.69) is 15.6 Å². The second kappa shape index (κ2) is 10.1. The fourth-order valence-corrected chi connectivity index (χ4v) is 2.56. The van der Waals surface area contributed by atoms with Gasteiger partial charge in [-0.2, -0.15) is 0 Å². The molecule has 0 bridgehead atoms. The first-order chi connectivity index (χ1) is 9.95. The molecule has 0 radical (unpaired) electrons. The molecular weight excluding hydrogens is 359 g/mol. The van der Waals surface area contributed by atoms with Crippen LogP contribution in [-0.2, 0) is 16.0 Å². The Kier molecular flexibility index (Phi) is 9.68. The minimum absolute atomic E-state index is 0. The van der Waals surface area contributed by atoms with Crippen LogP contribution in [0.5, 0.6) is 0 Å². The SMILES string of the molecule is CC(C)C(=O)Nc1nc(CC(=O)NCC(N)C2CC2)cs1.Cl.Cl. The fraction of sp³-hybridized carbons (Fsp3) is 0.643. The molecule has 1 fully saturated rings. The first kappa shape index (κ1) is 22.1. The van der Waals surface area contributed by atoms with Crippen LogP contribution >= 0.6 is 36.2 Å². The van der Waals surface area contributed by atoms with Gasteiger partial charge in [0.2, 0.25) is 11.8 Å². The Morgan fingerprint density at radius 3 is 2.61 bits per heavy atom. The Balaban J connectivity index is 0.00000242. The minimum Gasteiger partial charge on any atom is -0.354 e. The van der Waals surface area contributed by atoms with E-state index in [1.54, 1.807) is 5.38 Å². The van der Waals surface area contributed by atoms with Crippen molar-refractivity contribution >= 4 is 53.1 Å². The van der Waals surface area contributed by atoms with Crippen molar-refractivity contribution in [3.05, 3.63) is 11.1 Å². The van der Waals surface area contributed by atoms with Gasteiger partial charge in [0.05, 0.1) is 12.1 Å². The van der Waals surface area contributed by atoms with Crippen molar-refractivity contribution in [1.82, 2.24) is 10.3 Å². The molecule has 0 aromatic carbocycles. The van der Waals surface area contributed by atoms with Gasteiger partial charge in [-0.1, -0.05) is 13.8 Å². The lowest BCUT2D eigenvalue weighted by Gasteiger charge is -2.10. The maximum Gasteiger partial charge on any atom is 0.228 e. The van der Waals surface area contributed by atoms with Crippen molar-refractivity contribution in [3.8, 4) is 0 Å². The Bertz CT molecular complexity index is 521. The summed E-state index contributed by atoms with van der Waals surface area (Å²) >= 11 is 1.33. The Labute approximate surface area is 152 Å². The number of rotatable bonds is 7. The summed E-state index contributed by atoms with van der Waals surface area (Å²) < 4.78 is 0. The van der Waals surface area contributed by atoms with E-state index in [0.29, 0.717) is 23.3 Å². The molecule has 1 heterocycles. The van der Waals surface area contributed by atoms with E-state index in [-0.39, 0.29) is 55.0 Å². The van der Waals surface area contributed by atoms with Crippen LogP contribution in [-0.4, -0.2) is 29.4 Å². The number of hydrogen-bond acceptors (Lipinski definition) is 5. The third-order valence-corrected chi connectivity index (χ3v) is 4.22. The lowest BCUT2D eigenvalue weighted by Crippen LogP contribution is -2.39. The van der Waals surface area contributed by atoms with E-state index < -0.39 is 0 Å². The summed E-state index contributed by atoms with van der Waals surface area (Å²) in [5.74, 6) is 0.320. The van der Waals surface area contributed by atoms with Gasteiger partial charge in [0, 0.05) is 23.9 Å². The summed E-state index contributed by atoms with van der Waals surface area (Å²) in [6, 6.07) is 0.0604. The molecule has 9 heteroatoms. The molecule has 23 heavy (non-hydrogen) atoms. The summed E-state index contributed by atoms with van der Waals surface area (Å²) in [4.78, 5) is 27.6. The molecule has 4 N–H and O–H groups in total. The normalized spacial score (nSPS) is 14.4. The third kappa shape index (κ3) is 7.48. The first-order valence-electron chi connectivity index (χ1n) is 7.23. The van der Waals surface area contributed by atoms with Gasteiger partial charge >= 0.3 is 0 Å². The Morgan fingerprint density at radius 2 is 2.04 bits per heavy atom. The molecule has 1 aliphatic carbocycles. The average Bonchev–Trinajstić information content (AvgIpc) is 3.19. The monoisotopic (exact) mass is 382 g/mol. The molecule has 0 aliphatic heterocycles. The third-order valence-electron chi connectivity index (χ3n) is 3.41. The molecular formula is C14H24Cl2N4O2S. The van der Waals surface area contributed by atoms with Crippen LogP contribution < -0.4 is 16.4 Å². The van der Waals surface area contributed by atoms with Crippen LogP contribution in [0.4, 0.5) is 5.13 Å². The number of nitrogens with zero attached hydrogens (tertiary/aromatic N) is 1. The van der Waals surface area contributed by atoms with Crippen molar-refractivity contribution in [2.24, 2.45) is 17.6 Å². The van der Waals surface area contributed by atoms with Gasteiger partial charge < -0.3 is 16.4 Å². The number of nitrogens with one attached hydrogen (secondary N) is 2. The number of halogens is 2. The number of carbonyl (C=O) groups excluding carboxylic acids is 2. The predicted molar refractivity (Wildman–Crippen MR) is 97.5 cm³/mol. The summed E-state index contributed by atoms with van der Waals surface area (Å²) in [7, 11) is 0.